The Morgan fingerprint density at radius 2 is 1.58 bits per heavy atom. The first-order valence-corrected chi connectivity index (χ1v) is 14.9. The molecule has 1 aromatic rings. The molecule has 4 heteroatoms. The van der Waals surface area contributed by atoms with Crippen molar-refractivity contribution in [2.45, 2.75) is 135 Å². The van der Waals surface area contributed by atoms with Crippen LogP contribution in [0.5, 0.6) is 5.75 Å². The van der Waals surface area contributed by atoms with Gasteiger partial charge in [0, 0.05) is 18.3 Å². The smallest absolute Gasteiger partial charge is 0.311 e. The molecule has 2 bridgehead atoms. The number of hydrogen-bond acceptors (Lipinski definition) is 4. The first-order valence-electron chi connectivity index (χ1n) is 14.9. The number of carbonyl (C=O) groups excluding carboxylic acids is 2. The van der Waals surface area contributed by atoms with E-state index in [9.17, 15) is 9.59 Å². The number of carbonyl (C=O) groups is 2. The van der Waals surface area contributed by atoms with E-state index in [-0.39, 0.29) is 23.0 Å². The van der Waals surface area contributed by atoms with Gasteiger partial charge in [0.25, 0.3) is 0 Å². The van der Waals surface area contributed by atoms with Gasteiger partial charge < -0.3 is 9.47 Å². The van der Waals surface area contributed by atoms with Crippen LogP contribution >= 0.6 is 0 Å². The third kappa shape index (κ3) is 4.11. The second kappa shape index (κ2) is 10.1. The quantitative estimate of drug-likeness (QED) is 0.187. The van der Waals surface area contributed by atoms with Gasteiger partial charge >= 0.3 is 11.9 Å². The molecule has 3 saturated carbocycles. The number of hydrogen-bond donors (Lipinski definition) is 0. The Morgan fingerprint density at radius 1 is 0.889 bits per heavy atom. The predicted octanol–water partition coefficient (Wildman–Crippen LogP) is 8.05. The fourth-order valence-electron chi connectivity index (χ4n) is 9.03. The van der Waals surface area contributed by atoms with Crippen LogP contribution in [0, 0.1) is 16.7 Å². The van der Waals surface area contributed by atoms with Gasteiger partial charge in [-0.3, -0.25) is 9.59 Å². The van der Waals surface area contributed by atoms with Crippen molar-refractivity contribution in [1.29, 1.82) is 0 Å². The van der Waals surface area contributed by atoms with Crippen LogP contribution in [0.15, 0.2) is 18.2 Å². The molecule has 1 aromatic carbocycles. The maximum absolute atomic E-state index is 12.8. The van der Waals surface area contributed by atoms with Gasteiger partial charge in [0.2, 0.25) is 0 Å². The highest BCUT2D eigenvalue weighted by Crippen LogP contribution is 2.78. The molecule has 0 aromatic heterocycles. The van der Waals surface area contributed by atoms with Crippen LogP contribution < -0.4 is 4.74 Å². The second-order valence-electron chi connectivity index (χ2n) is 12.5. The summed E-state index contributed by atoms with van der Waals surface area (Å²) in [5.41, 5.74) is 3.01. The molecule has 36 heavy (non-hydrogen) atoms. The summed E-state index contributed by atoms with van der Waals surface area (Å²) < 4.78 is 12.1. The van der Waals surface area contributed by atoms with E-state index in [1.165, 1.54) is 36.8 Å². The molecule has 0 unspecified atom stereocenters. The van der Waals surface area contributed by atoms with Crippen molar-refractivity contribution in [3.63, 3.8) is 0 Å². The van der Waals surface area contributed by atoms with Gasteiger partial charge in [-0.15, -0.1) is 0 Å². The molecule has 198 valence electrons. The van der Waals surface area contributed by atoms with Crippen LogP contribution in [-0.2, 0) is 20.7 Å². The highest BCUT2D eigenvalue weighted by molar-refractivity contribution is 5.72. The van der Waals surface area contributed by atoms with Gasteiger partial charge in [-0.2, -0.15) is 0 Å². The molecule has 4 aliphatic carbocycles. The highest BCUT2D eigenvalue weighted by atomic mass is 16.6. The lowest BCUT2D eigenvalue weighted by Gasteiger charge is -2.57. The number of aryl methyl sites for hydroxylation is 1. The lowest BCUT2D eigenvalue weighted by atomic mass is 9.48. The first-order chi connectivity index (χ1) is 17.4. The van der Waals surface area contributed by atoms with Crippen molar-refractivity contribution >= 4 is 11.9 Å². The molecule has 0 spiro atoms. The summed E-state index contributed by atoms with van der Waals surface area (Å²) in [5.74, 6) is 1.88. The minimum atomic E-state index is -0.239. The summed E-state index contributed by atoms with van der Waals surface area (Å²) in [4.78, 5) is 25.1. The van der Waals surface area contributed by atoms with Gasteiger partial charge in [0.15, 0.2) is 0 Å². The predicted molar refractivity (Wildman–Crippen MR) is 142 cm³/mol. The van der Waals surface area contributed by atoms with Gasteiger partial charge in [-0.25, -0.2) is 0 Å². The van der Waals surface area contributed by atoms with Crippen LogP contribution in [-0.4, -0.2) is 17.5 Å². The average molecular weight is 495 g/mol. The fraction of sp³-hybridized carbons (Fsp3) is 0.750. The molecule has 5 rings (SSSR count). The standard InChI is InChI=1S/C32H46O4/c1-4-6-8-10-28(33)35-24-13-14-25-23(22-24)12-15-27-26(25)16-17-30(3)31(27)18-20-32(30,21-19-31)36-29(34)11-9-7-5-2/h13-14,22,26-27H,4-12,15-21H2,1-3H3/t26-,27-,30+,31?,32?/m1/s1. The van der Waals surface area contributed by atoms with E-state index in [0.717, 1.165) is 64.2 Å². The lowest BCUT2D eigenvalue weighted by molar-refractivity contribution is -0.176. The maximum atomic E-state index is 12.8. The molecule has 4 nitrogen and oxygen atoms in total. The van der Waals surface area contributed by atoms with Crippen molar-refractivity contribution in [2.75, 3.05) is 0 Å². The molecule has 0 heterocycles. The Bertz CT molecular complexity index is 972. The Balaban J connectivity index is 1.30. The monoisotopic (exact) mass is 494 g/mol. The van der Waals surface area contributed by atoms with E-state index in [4.69, 9.17) is 9.47 Å². The number of benzene rings is 1. The molecular formula is C32H46O4. The van der Waals surface area contributed by atoms with Crippen molar-refractivity contribution in [3.8, 4) is 5.75 Å². The minimum Gasteiger partial charge on any atom is -0.458 e. The average Bonchev–Trinajstić information content (AvgIpc) is 3.26. The Labute approximate surface area is 217 Å². The number of fused-ring (bicyclic) bond motifs is 3. The van der Waals surface area contributed by atoms with Gasteiger partial charge in [0.05, 0.1) is 0 Å². The van der Waals surface area contributed by atoms with E-state index in [2.05, 4.69) is 32.9 Å². The molecule has 0 aliphatic heterocycles. The molecule has 0 saturated heterocycles. The topological polar surface area (TPSA) is 52.6 Å². The number of rotatable bonds is 10. The Morgan fingerprint density at radius 3 is 2.28 bits per heavy atom. The van der Waals surface area contributed by atoms with Crippen LogP contribution in [0.4, 0.5) is 0 Å². The van der Waals surface area contributed by atoms with Crippen LogP contribution in [0.25, 0.3) is 0 Å². The highest BCUT2D eigenvalue weighted by Gasteiger charge is 2.75. The third-order valence-electron chi connectivity index (χ3n) is 11.0. The number of esters is 2. The minimum absolute atomic E-state index is 0.0373. The Kier molecular flexibility index (Phi) is 7.26. The Hall–Kier alpha value is -1.84. The first kappa shape index (κ1) is 25.8. The summed E-state index contributed by atoms with van der Waals surface area (Å²) in [5, 5.41) is 0. The lowest BCUT2D eigenvalue weighted by Crippen LogP contribution is -2.53. The zero-order valence-electron chi connectivity index (χ0n) is 22.8. The van der Waals surface area contributed by atoms with Crippen LogP contribution in [0.2, 0.25) is 0 Å². The fourth-order valence-corrected chi connectivity index (χ4v) is 9.03. The summed E-state index contributed by atoms with van der Waals surface area (Å²) in [6.45, 7) is 6.79. The molecule has 0 radical (unpaired) electrons. The van der Waals surface area contributed by atoms with Gasteiger partial charge in [-0.05, 0) is 105 Å². The van der Waals surface area contributed by atoms with Crippen LogP contribution in [0.1, 0.15) is 134 Å². The zero-order valence-corrected chi connectivity index (χ0v) is 22.8. The van der Waals surface area contributed by atoms with Crippen molar-refractivity contribution in [2.24, 2.45) is 16.7 Å². The molecule has 3 fully saturated rings. The number of unbranched alkanes of at least 4 members (excludes halogenated alkanes) is 4. The third-order valence-corrected chi connectivity index (χ3v) is 11.0. The van der Waals surface area contributed by atoms with Crippen molar-refractivity contribution in [3.05, 3.63) is 29.3 Å². The molecular weight excluding hydrogens is 448 g/mol. The number of ether oxygens (including phenoxy) is 2. The molecule has 3 atom stereocenters. The normalized spacial score (nSPS) is 34.0. The van der Waals surface area contributed by atoms with Crippen molar-refractivity contribution in [1.82, 2.24) is 0 Å². The van der Waals surface area contributed by atoms with E-state index < -0.39 is 0 Å². The molecule has 0 amide bonds. The summed E-state index contributed by atoms with van der Waals surface area (Å²) in [7, 11) is 0. The maximum Gasteiger partial charge on any atom is 0.311 e. The summed E-state index contributed by atoms with van der Waals surface area (Å²) in [6.07, 6.45) is 16.4. The van der Waals surface area contributed by atoms with Gasteiger partial charge in [0.1, 0.15) is 11.4 Å². The van der Waals surface area contributed by atoms with E-state index in [0.29, 0.717) is 35.8 Å². The van der Waals surface area contributed by atoms with E-state index in [1.54, 1.807) is 0 Å². The van der Waals surface area contributed by atoms with Crippen molar-refractivity contribution < 1.29 is 19.1 Å². The zero-order chi connectivity index (χ0) is 25.4. The largest absolute Gasteiger partial charge is 0.458 e. The van der Waals surface area contributed by atoms with E-state index in [1.807, 2.05) is 6.07 Å². The summed E-state index contributed by atoms with van der Waals surface area (Å²) in [6, 6.07) is 6.42. The van der Waals surface area contributed by atoms with Crippen LogP contribution in [0.3, 0.4) is 0 Å². The second-order valence-corrected chi connectivity index (χ2v) is 12.5. The summed E-state index contributed by atoms with van der Waals surface area (Å²) >= 11 is 0. The SMILES string of the molecule is CCCCCC(=O)Oc1ccc2c(c1)CC[C@@H]1[C@@H]2CC[C@]2(C)C3(OC(=O)CCCCC)CCC12CC3. The van der Waals surface area contributed by atoms with E-state index >= 15 is 0 Å². The molecule has 4 aliphatic rings. The van der Waals surface area contributed by atoms with Gasteiger partial charge in [-0.1, -0.05) is 52.5 Å². The molecule has 0 N–H and O–H groups in total.